The lowest BCUT2D eigenvalue weighted by Gasteiger charge is -2.29. The molecule has 0 amide bonds. The molecule has 3 nitrogen and oxygen atoms in total. The first kappa shape index (κ1) is 13.5. The Morgan fingerprint density at radius 1 is 1.22 bits per heavy atom. The number of hydrogen-bond donors (Lipinski definition) is 0. The summed E-state index contributed by atoms with van der Waals surface area (Å²) in [6.07, 6.45) is 1.34. The Morgan fingerprint density at radius 3 is 2.83 bits per heavy atom. The smallest absolute Gasteiger partial charge is 0.160 e. The molecule has 1 saturated heterocycles. The van der Waals surface area contributed by atoms with E-state index in [9.17, 15) is 4.39 Å². The van der Waals surface area contributed by atoms with Crippen molar-refractivity contribution < 1.29 is 18.6 Å². The summed E-state index contributed by atoms with van der Waals surface area (Å²) in [6, 6.07) is 10.1. The molecule has 4 heteroatoms. The van der Waals surface area contributed by atoms with E-state index in [2.05, 4.69) is 0 Å². The zero-order chi connectivity index (χ0) is 12.6. The molecule has 0 saturated carbocycles. The maximum absolute atomic E-state index is 12.0. The summed E-state index contributed by atoms with van der Waals surface area (Å²) in [4.78, 5) is 0. The van der Waals surface area contributed by atoms with E-state index in [-0.39, 0.29) is 19.0 Å². The summed E-state index contributed by atoms with van der Waals surface area (Å²) in [6.45, 7) is 0.823. The number of benzene rings is 1. The third-order valence-corrected chi connectivity index (χ3v) is 2.91. The predicted octanol–water partition coefficient (Wildman–Crippen LogP) is 2.69. The van der Waals surface area contributed by atoms with Gasteiger partial charge in [-0.3, -0.25) is 0 Å². The fourth-order valence-electron chi connectivity index (χ4n) is 1.96. The van der Waals surface area contributed by atoms with Gasteiger partial charge in [-0.25, -0.2) is 4.39 Å². The van der Waals surface area contributed by atoms with E-state index in [1.165, 1.54) is 0 Å². The first-order valence-electron chi connectivity index (χ1n) is 6.33. The molecule has 18 heavy (non-hydrogen) atoms. The molecule has 1 aromatic rings. The van der Waals surface area contributed by atoms with Crippen LogP contribution in [-0.4, -0.2) is 32.3 Å². The number of halogens is 1. The van der Waals surface area contributed by atoms with E-state index in [1.54, 1.807) is 0 Å². The van der Waals surface area contributed by atoms with Gasteiger partial charge in [-0.2, -0.15) is 0 Å². The number of ether oxygens (including phenoxy) is 3. The first-order chi connectivity index (χ1) is 8.88. The fraction of sp³-hybridized carbons (Fsp3) is 0.571. The second-order valence-corrected chi connectivity index (χ2v) is 4.30. The molecule has 1 aromatic carbocycles. The van der Waals surface area contributed by atoms with Gasteiger partial charge in [-0.15, -0.1) is 0 Å². The highest BCUT2D eigenvalue weighted by Crippen LogP contribution is 2.19. The molecule has 100 valence electrons. The van der Waals surface area contributed by atoms with E-state index < -0.39 is 6.67 Å². The molecule has 2 rings (SSSR count). The van der Waals surface area contributed by atoms with Crippen LogP contribution in [0.1, 0.15) is 18.4 Å². The summed E-state index contributed by atoms with van der Waals surface area (Å²) >= 11 is 0. The number of rotatable bonds is 6. The minimum Gasteiger partial charge on any atom is -0.373 e. The normalized spacial score (nSPS) is 24.1. The zero-order valence-corrected chi connectivity index (χ0v) is 10.4. The van der Waals surface area contributed by atoms with E-state index in [0.29, 0.717) is 19.6 Å². The van der Waals surface area contributed by atoms with Gasteiger partial charge in [0, 0.05) is 6.42 Å². The second-order valence-electron chi connectivity index (χ2n) is 4.30. The van der Waals surface area contributed by atoms with Crippen LogP contribution in [0.2, 0.25) is 0 Å². The van der Waals surface area contributed by atoms with E-state index in [1.807, 2.05) is 30.3 Å². The van der Waals surface area contributed by atoms with Gasteiger partial charge in [-0.05, 0) is 12.0 Å². The van der Waals surface area contributed by atoms with E-state index in [4.69, 9.17) is 14.2 Å². The maximum Gasteiger partial charge on any atom is 0.160 e. The van der Waals surface area contributed by atoms with Gasteiger partial charge >= 0.3 is 0 Å². The molecule has 0 unspecified atom stereocenters. The Hall–Kier alpha value is -0.970. The van der Waals surface area contributed by atoms with Gasteiger partial charge in [0.1, 0.15) is 6.67 Å². The van der Waals surface area contributed by atoms with Crippen molar-refractivity contribution in [1.29, 1.82) is 0 Å². The highest BCUT2D eigenvalue weighted by molar-refractivity contribution is 5.13. The van der Waals surface area contributed by atoms with Crippen molar-refractivity contribution in [1.82, 2.24) is 0 Å². The molecule has 0 aliphatic carbocycles. The lowest BCUT2D eigenvalue weighted by atomic mass is 10.1. The average Bonchev–Trinajstić information content (AvgIpc) is 2.44. The molecule has 1 heterocycles. The molecule has 0 bridgehead atoms. The minimum absolute atomic E-state index is 0.0933. The van der Waals surface area contributed by atoms with Gasteiger partial charge in [0.15, 0.2) is 6.29 Å². The standard InChI is InChI=1S/C14H19FO3/c15-7-9-17-14-10-13(6-8-16-14)18-11-12-4-2-1-3-5-12/h1-5,13-14H,6-11H2/t13-,14-/m0/s1. The minimum atomic E-state index is -0.477. The molecular formula is C14H19FO3. The first-order valence-corrected chi connectivity index (χ1v) is 6.33. The van der Waals surface area contributed by atoms with Crippen LogP contribution in [0, 0.1) is 0 Å². The SMILES string of the molecule is FCCO[C@H]1C[C@@H](OCc2ccccc2)CCO1. The Balaban J connectivity index is 1.72. The lowest BCUT2D eigenvalue weighted by Crippen LogP contribution is -2.33. The largest absolute Gasteiger partial charge is 0.373 e. The quantitative estimate of drug-likeness (QED) is 0.781. The van der Waals surface area contributed by atoms with Gasteiger partial charge in [0.05, 0.1) is 25.9 Å². The summed E-state index contributed by atoms with van der Waals surface area (Å²) < 4.78 is 28.5. The summed E-state index contributed by atoms with van der Waals surface area (Å²) in [5, 5.41) is 0. The van der Waals surface area contributed by atoms with E-state index in [0.717, 1.165) is 12.0 Å². The van der Waals surface area contributed by atoms with Gasteiger partial charge in [0.25, 0.3) is 0 Å². The Kier molecular flexibility index (Phi) is 5.58. The molecule has 0 spiro atoms. The molecular weight excluding hydrogens is 235 g/mol. The summed E-state index contributed by atoms with van der Waals surface area (Å²) in [5.41, 5.74) is 1.16. The average molecular weight is 254 g/mol. The molecule has 1 aliphatic heterocycles. The van der Waals surface area contributed by atoms with Gasteiger partial charge in [0.2, 0.25) is 0 Å². The number of alkyl halides is 1. The summed E-state index contributed by atoms with van der Waals surface area (Å²) in [7, 11) is 0. The van der Waals surface area contributed by atoms with Crippen molar-refractivity contribution >= 4 is 0 Å². The predicted molar refractivity (Wildman–Crippen MR) is 65.9 cm³/mol. The second kappa shape index (κ2) is 7.46. The van der Waals surface area contributed by atoms with Crippen LogP contribution >= 0.6 is 0 Å². The van der Waals surface area contributed by atoms with Crippen LogP contribution in [0.25, 0.3) is 0 Å². The summed E-state index contributed by atoms with van der Waals surface area (Å²) in [5.74, 6) is 0. The van der Waals surface area contributed by atoms with Crippen LogP contribution in [-0.2, 0) is 20.8 Å². The van der Waals surface area contributed by atoms with Crippen molar-refractivity contribution in [3.63, 3.8) is 0 Å². The fourth-order valence-corrected chi connectivity index (χ4v) is 1.96. The molecule has 0 N–H and O–H groups in total. The van der Waals surface area contributed by atoms with Crippen molar-refractivity contribution in [3.05, 3.63) is 35.9 Å². The number of hydrogen-bond acceptors (Lipinski definition) is 3. The zero-order valence-electron chi connectivity index (χ0n) is 10.4. The highest BCUT2D eigenvalue weighted by atomic mass is 19.1. The molecule has 1 fully saturated rings. The molecule has 2 atom stereocenters. The maximum atomic E-state index is 12.0. The lowest BCUT2D eigenvalue weighted by molar-refractivity contribution is -0.194. The third-order valence-electron chi connectivity index (χ3n) is 2.91. The van der Waals surface area contributed by atoms with Gasteiger partial charge < -0.3 is 14.2 Å². The van der Waals surface area contributed by atoms with Crippen LogP contribution in [0.15, 0.2) is 30.3 Å². The van der Waals surface area contributed by atoms with Crippen LogP contribution in [0.4, 0.5) is 4.39 Å². The Labute approximate surface area is 107 Å². The molecule has 0 aromatic heterocycles. The van der Waals surface area contributed by atoms with Crippen LogP contribution in [0.3, 0.4) is 0 Å². The monoisotopic (exact) mass is 254 g/mol. The molecule has 0 radical (unpaired) electrons. The van der Waals surface area contributed by atoms with Crippen LogP contribution < -0.4 is 0 Å². The topological polar surface area (TPSA) is 27.7 Å². The van der Waals surface area contributed by atoms with Crippen LogP contribution in [0.5, 0.6) is 0 Å². The van der Waals surface area contributed by atoms with Crippen molar-refractivity contribution in [2.45, 2.75) is 31.8 Å². The van der Waals surface area contributed by atoms with Gasteiger partial charge in [-0.1, -0.05) is 30.3 Å². The van der Waals surface area contributed by atoms with Crippen molar-refractivity contribution in [2.75, 3.05) is 19.9 Å². The highest BCUT2D eigenvalue weighted by Gasteiger charge is 2.23. The van der Waals surface area contributed by atoms with Crippen molar-refractivity contribution in [3.8, 4) is 0 Å². The third kappa shape index (κ3) is 4.37. The van der Waals surface area contributed by atoms with Crippen molar-refractivity contribution in [2.24, 2.45) is 0 Å². The Bertz CT molecular complexity index is 331. The van der Waals surface area contributed by atoms with E-state index >= 15 is 0 Å². The molecule has 1 aliphatic rings. The Morgan fingerprint density at radius 2 is 2.06 bits per heavy atom.